The number of hydrogen-bond acceptors (Lipinski definition) is 4. The van der Waals surface area contributed by atoms with Crippen LogP contribution in [0.15, 0.2) is 29.2 Å². The van der Waals surface area contributed by atoms with Crippen molar-refractivity contribution in [2.45, 2.75) is 56.9 Å². The average molecular weight is 370 g/mol. The van der Waals surface area contributed by atoms with Crippen molar-refractivity contribution < 1.29 is 23.1 Å². The quantitative estimate of drug-likeness (QED) is 0.577. The molecule has 0 unspecified atom stereocenters. The van der Waals surface area contributed by atoms with Gasteiger partial charge in [-0.1, -0.05) is 6.42 Å². The van der Waals surface area contributed by atoms with Gasteiger partial charge in [0.05, 0.1) is 4.90 Å². The number of carbonyl (C=O) groups excluding carboxylic acids is 1. The maximum absolute atomic E-state index is 12.2. The lowest BCUT2D eigenvalue weighted by Gasteiger charge is -2.20. The third-order valence-corrected chi connectivity index (χ3v) is 4.99. The molecule has 0 aromatic heterocycles. The van der Waals surface area contributed by atoms with Gasteiger partial charge in [0.2, 0.25) is 10.0 Å². The number of aliphatic carboxylic acids is 1. The summed E-state index contributed by atoms with van der Waals surface area (Å²) in [6, 6.07) is 5.74. The molecule has 1 rings (SSSR count). The fourth-order valence-electron chi connectivity index (χ4n) is 2.13. The molecule has 1 aromatic carbocycles. The largest absolute Gasteiger partial charge is 0.481 e. The monoisotopic (exact) mass is 370 g/mol. The smallest absolute Gasteiger partial charge is 0.303 e. The number of carbonyl (C=O) groups is 2. The molecule has 0 aliphatic rings. The maximum Gasteiger partial charge on any atom is 0.303 e. The van der Waals surface area contributed by atoms with Crippen LogP contribution in [0.1, 0.15) is 56.8 Å². The van der Waals surface area contributed by atoms with E-state index in [1.807, 2.05) is 0 Å². The van der Waals surface area contributed by atoms with Crippen molar-refractivity contribution >= 4 is 21.9 Å². The zero-order valence-electron chi connectivity index (χ0n) is 14.8. The predicted octanol–water partition coefficient (Wildman–Crippen LogP) is 2.14. The van der Waals surface area contributed by atoms with Crippen LogP contribution in [0.25, 0.3) is 0 Å². The molecule has 0 aliphatic carbocycles. The Labute approximate surface area is 148 Å². The highest BCUT2D eigenvalue weighted by atomic mass is 32.2. The van der Waals surface area contributed by atoms with E-state index in [1.54, 1.807) is 20.8 Å². The fraction of sp³-hybridized carbons (Fsp3) is 0.529. The minimum atomic E-state index is -3.62. The van der Waals surface area contributed by atoms with Gasteiger partial charge in [-0.3, -0.25) is 9.59 Å². The number of amides is 1. The SMILES string of the molecule is CC(C)(C)NS(=O)(=O)c1ccc(C(=O)NCCCCCC(=O)O)cc1. The van der Waals surface area contributed by atoms with Gasteiger partial charge in [-0.15, -0.1) is 0 Å². The lowest BCUT2D eigenvalue weighted by Crippen LogP contribution is -2.40. The third kappa shape index (κ3) is 8.13. The molecule has 0 spiro atoms. The molecule has 3 N–H and O–H groups in total. The Balaban J connectivity index is 2.53. The molecule has 0 bridgehead atoms. The lowest BCUT2D eigenvalue weighted by molar-refractivity contribution is -0.137. The summed E-state index contributed by atoms with van der Waals surface area (Å²) in [5.41, 5.74) is -0.213. The molecular formula is C17H26N2O5S. The van der Waals surface area contributed by atoms with Crippen molar-refractivity contribution in [3.63, 3.8) is 0 Å². The molecule has 0 saturated heterocycles. The van der Waals surface area contributed by atoms with Crippen LogP contribution in [-0.4, -0.2) is 37.5 Å². The lowest BCUT2D eigenvalue weighted by atomic mass is 10.1. The van der Waals surface area contributed by atoms with Crippen molar-refractivity contribution in [1.82, 2.24) is 10.0 Å². The van der Waals surface area contributed by atoms with E-state index in [-0.39, 0.29) is 17.2 Å². The van der Waals surface area contributed by atoms with E-state index in [4.69, 9.17) is 5.11 Å². The Hall–Kier alpha value is -1.93. The van der Waals surface area contributed by atoms with Crippen LogP contribution in [0.3, 0.4) is 0 Å². The predicted molar refractivity (Wildman–Crippen MR) is 95.0 cm³/mol. The van der Waals surface area contributed by atoms with E-state index >= 15 is 0 Å². The van der Waals surface area contributed by atoms with Crippen molar-refractivity contribution in [2.24, 2.45) is 0 Å². The zero-order chi connectivity index (χ0) is 19.1. The first kappa shape index (κ1) is 21.1. The van der Waals surface area contributed by atoms with Crippen molar-refractivity contribution in [3.8, 4) is 0 Å². The molecule has 0 fully saturated rings. The van der Waals surface area contributed by atoms with Gasteiger partial charge in [0.25, 0.3) is 5.91 Å². The highest BCUT2D eigenvalue weighted by molar-refractivity contribution is 7.89. The van der Waals surface area contributed by atoms with Gasteiger partial charge in [0.15, 0.2) is 0 Å². The number of benzene rings is 1. The van der Waals surface area contributed by atoms with Gasteiger partial charge in [0, 0.05) is 24.1 Å². The topological polar surface area (TPSA) is 113 Å². The standard InChI is InChI=1S/C17H26N2O5S/c1-17(2,3)19-25(23,24)14-10-8-13(9-11-14)16(22)18-12-6-4-5-7-15(20)21/h8-11,19H,4-7,12H2,1-3H3,(H,18,22)(H,20,21). The second-order valence-electron chi connectivity index (χ2n) is 6.84. The van der Waals surface area contributed by atoms with E-state index in [9.17, 15) is 18.0 Å². The van der Waals surface area contributed by atoms with Crippen LogP contribution in [-0.2, 0) is 14.8 Å². The molecule has 8 heteroatoms. The van der Waals surface area contributed by atoms with Gasteiger partial charge in [-0.2, -0.15) is 0 Å². The normalized spacial score (nSPS) is 12.0. The van der Waals surface area contributed by atoms with E-state index in [0.717, 1.165) is 6.42 Å². The van der Waals surface area contributed by atoms with Crippen molar-refractivity contribution in [1.29, 1.82) is 0 Å². The third-order valence-electron chi connectivity index (χ3n) is 3.22. The molecule has 0 atom stereocenters. The molecule has 0 aliphatic heterocycles. The average Bonchev–Trinajstić information content (AvgIpc) is 2.48. The van der Waals surface area contributed by atoms with Gasteiger partial charge >= 0.3 is 5.97 Å². The van der Waals surface area contributed by atoms with Gasteiger partial charge in [-0.25, -0.2) is 13.1 Å². The second kappa shape index (κ2) is 8.96. The number of rotatable bonds is 9. The molecule has 1 aromatic rings. The Morgan fingerprint density at radius 3 is 2.16 bits per heavy atom. The number of sulfonamides is 1. The second-order valence-corrected chi connectivity index (χ2v) is 8.52. The Morgan fingerprint density at radius 2 is 1.64 bits per heavy atom. The summed E-state index contributed by atoms with van der Waals surface area (Å²) in [7, 11) is -3.62. The first-order valence-electron chi connectivity index (χ1n) is 8.15. The van der Waals surface area contributed by atoms with Gasteiger partial charge in [-0.05, 0) is 57.9 Å². The van der Waals surface area contributed by atoms with E-state index in [0.29, 0.717) is 24.9 Å². The Kier molecular flexibility index (Phi) is 7.57. The number of hydrogen-bond donors (Lipinski definition) is 3. The van der Waals surface area contributed by atoms with Crippen LogP contribution in [0, 0.1) is 0 Å². The van der Waals surface area contributed by atoms with Crippen LogP contribution >= 0.6 is 0 Å². The van der Waals surface area contributed by atoms with Crippen LogP contribution in [0.2, 0.25) is 0 Å². The highest BCUT2D eigenvalue weighted by Crippen LogP contribution is 2.14. The summed E-state index contributed by atoms with van der Waals surface area (Å²) < 4.78 is 26.9. The summed E-state index contributed by atoms with van der Waals surface area (Å²) in [4.78, 5) is 22.5. The minimum absolute atomic E-state index is 0.104. The summed E-state index contributed by atoms with van der Waals surface area (Å²) in [5.74, 6) is -1.11. The molecular weight excluding hydrogens is 344 g/mol. The number of carboxylic acid groups (broad SMARTS) is 1. The minimum Gasteiger partial charge on any atom is -0.481 e. The molecule has 1 amide bonds. The number of unbranched alkanes of at least 4 members (excludes halogenated alkanes) is 2. The van der Waals surface area contributed by atoms with Gasteiger partial charge < -0.3 is 10.4 Å². The summed E-state index contributed by atoms with van der Waals surface area (Å²) >= 11 is 0. The molecule has 140 valence electrons. The van der Waals surface area contributed by atoms with Crippen molar-refractivity contribution in [3.05, 3.63) is 29.8 Å². The Morgan fingerprint density at radius 1 is 1.04 bits per heavy atom. The number of carboxylic acids is 1. The maximum atomic E-state index is 12.2. The van der Waals surface area contributed by atoms with Crippen molar-refractivity contribution in [2.75, 3.05) is 6.54 Å². The molecule has 0 heterocycles. The fourth-order valence-corrected chi connectivity index (χ4v) is 3.55. The molecule has 7 nitrogen and oxygen atoms in total. The first-order chi connectivity index (χ1) is 11.5. The number of nitrogens with one attached hydrogen (secondary N) is 2. The van der Waals surface area contributed by atoms with Gasteiger partial charge in [0.1, 0.15) is 0 Å². The van der Waals surface area contributed by atoms with E-state index in [2.05, 4.69) is 10.0 Å². The van der Waals surface area contributed by atoms with E-state index < -0.39 is 21.5 Å². The molecule has 25 heavy (non-hydrogen) atoms. The summed E-state index contributed by atoms with van der Waals surface area (Å²) in [6.45, 7) is 5.71. The van der Waals surface area contributed by atoms with E-state index in [1.165, 1.54) is 24.3 Å². The highest BCUT2D eigenvalue weighted by Gasteiger charge is 2.22. The zero-order valence-corrected chi connectivity index (χ0v) is 15.6. The van der Waals surface area contributed by atoms with Crippen LogP contribution in [0.4, 0.5) is 0 Å². The first-order valence-corrected chi connectivity index (χ1v) is 9.64. The summed E-state index contributed by atoms with van der Waals surface area (Å²) in [5, 5.41) is 11.3. The summed E-state index contributed by atoms with van der Waals surface area (Å²) in [6.07, 6.45) is 2.13. The van der Waals surface area contributed by atoms with Crippen LogP contribution in [0.5, 0.6) is 0 Å². The molecule has 0 radical (unpaired) electrons. The Bertz CT molecular complexity index is 691. The molecule has 0 saturated carbocycles. The van der Waals surface area contributed by atoms with Crippen LogP contribution < -0.4 is 10.0 Å².